The summed E-state index contributed by atoms with van der Waals surface area (Å²) in [7, 11) is 0. The van der Waals surface area contributed by atoms with Gasteiger partial charge in [-0.2, -0.15) is 0 Å². The second-order valence-corrected chi connectivity index (χ2v) is 9.91. The van der Waals surface area contributed by atoms with E-state index in [9.17, 15) is 19.5 Å². The summed E-state index contributed by atoms with van der Waals surface area (Å²) >= 11 is 0. The number of hydrogen-bond acceptors (Lipinski definition) is 5. The Morgan fingerprint density at radius 2 is 1.89 bits per heavy atom. The lowest BCUT2D eigenvalue weighted by molar-refractivity contribution is -0.145. The minimum Gasteiger partial charge on any atom is -0.463 e. The van der Waals surface area contributed by atoms with Crippen molar-refractivity contribution in [2.75, 3.05) is 13.2 Å². The van der Waals surface area contributed by atoms with E-state index < -0.39 is 12.0 Å². The number of nitrogens with one attached hydrogen (secondary N) is 2. The van der Waals surface area contributed by atoms with Crippen LogP contribution in [0.2, 0.25) is 0 Å². The Morgan fingerprint density at radius 3 is 2.63 bits per heavy atom. The molecule has 0 saturated heterocycles. The van der Waals surface area contributed by atoms with Crippen molar-refractivity contribution >= 4 is 17.8 Å². The first-order chi connectivity index (χ1) is 17.0. The number of carbonyl (C=O) groups excluding carboxylic acids is 3. The highest BCUT2D eigenvalue weighted by Gasteiger charge is 2.27. The van der Waals surface area contributed by atoms with Crippen LogP contribution in [0.25, 0.3) is 0 Å². The molecule has 1 fully saturated rings. The summed E-state index contributed by atoms with van der Waals surface area (Å²) in [6.45, 7) is -0.000401. The van der Waals surface area contributed by atoms with E-state index >= 15 is 0 Å². The van der Waals surface area contributed by atoms with Crippen LogP contribution in [-0.4, -0.2) is 48.2 Å². The maximum absolute atomic E-state index is 13.2. The lowest BCUT2D eigenvalue weighted by Crippen LogP contribution is -2.45. The fraction of sp³-hybridized carbons (Fsp3) is 0.607. The Bertz CT molecular complexity index is 835. The van der Waals surface area contributed by atoms with Crippen LogP contribution < -0.4 is 10.6 Å². The summed E-state index contributed by atoms with van der Waals surface area (Å²) in [5.41, 5.74) is 1.03. The lowest BCUT2D eigenvalue weighted by atomic mass is 9.84. The van der Waals surface area contributed by atoms with Crippen molar-refractivity contribution < 1.29 is 24.2 Å². The first-order valence-electron chi connectivity index (χ1n) is 13.1. The maximum Gasteiger partial charge on any atom is 0.306 e. The fourth-order valence-corrected chi connectivity index (χ4v) is 5.01. The molecule has 0 bridgehead atoms. The van der Waals surface area contributed by atoms with E-state index in [0.29, 0.717) is 31.6 Å². The number of carbonyl (C=O) groups is 3. The number of allylic oxidation sites excluding steroid dienone is 2. The molecule has 2 aliphatic rings. The molecule has 7 nitrogen and oxygen atoms in total. The van der Waals surface area contributed by atoms with Crippen molar-refractivity contribution in [2.24, 2.45) is 11.8 Å². The minimum atomic E-state index is -0.522. The second-order valence-electron chi connectivity index (χ2n) is 9.91. The Balaban J connectivity index is 1.62. The summed E-state index contributed by atoms with van der Waals surface area (Å²) < 4.78 is 5.46. The van der Waals surface area contributed by atoms with Crippen molar-refractivity contribution in [1.29, 1.82) is 0 Å². The zero-order chi connectivity index (χ0) is 24.9. The molecule has 0 aromatic heterocycles. The van der Waals surface area contributed by atoms with Gasteiger partial charge in [0.15, 0.2) is 0 Å². The van der Waals surface area contributed by atoms with Crippen LogP contribution in [0.3, 0.4) is 0 Å². The topological polar surface area (TPSA) is 105 Å². The van der Waals surface area contributed by atoms with Gasteiger partial charge in [0.05, 0.1) is 24.6 Å². The summed E-state index contributed by atoms with van der Waals surface area (Å²) in [5, 5.41) is 15.7. The third-order valence-corrected chi connectivity index (χ3v) is 6.95. The average molecular weight is 485 g/mol. The van der Waals surface area contributed by atoms with Crippen LogP contribution in [-0.2, 0) is 25.5 Å². The second kappa shape index (κ2) is 14.7. The van der Waals surface area contributed by atoms with Crippen molar-refractivity contribution in [1.82, 2.24) is 10.6 Å². The smallest absolute Gasteiger partial charge is 0.306 e. The molecular formula is C28H40N2O5. The molecule has 1 aliphatic heterocycles. The number of amides is 2. The monoisotopic (exact) mass is 484 g/mol. The number of cyclic esters (lactones) is 1. The molecule has 3 N–H and O–H groups in total. The van der Waals surface area contributed by atoms with Gasteiger partial charge in [-0.3, -0.25) is 14.4 Å². The number of aliphatic hydroxyl groups is 1. The van der Waals surface area contributed by atoms with E-state index in [0.717, 1.165) is 24.8 Å². The molecule has 1 heterocycles. The highest BCUT2D eigenvalue weighted by atomic mass is 16.5. The van der Waals surface area contributed by atoms with E-state index in [-0.39, 0.29) is 43.5 Å². The molecule has 0 spiro atoms. The molecule has 0 unspecified atom stereocenters. The fourth-order valence-electron chi connectivity index (χ4n) is 5.01. The molecule has 192 valence electrons. The number of rotatable bonds is 8. The first-order valence-corrected chi connectivity index (χ1v) is 13.1. The SMILES string of the molecule is O=C(C[C@H]1CC=CCCC(=O)OC[C@H](CC2CCCCC2)NC1=O)N[C@@H](CO)Cc1ccccc1. The van der Waals surface area contributed by atoms with Crippen LogP contribution in [0.15, 0.2) is 42.5 Å². The molecule has 1 saturated carbocycles. The number of ether oxygens (including phenoxy) is 1. The zero-order valence-electron chi connectivity index (χ0n) is 20.6. The molecule has 7 heteroatoms. The number of benzene rings is 1. The van der Waals surface area contributed by atoms with Crippen molar-refractivity contribution in [3.05, 3.63) is 48.0 Å². The van der Waals surface area contributed by atoms with E-state index in [1.54, 1.807) is 0 Å². The van der Waals surface area contributed by atoms with Gasteiger partial charge in [-0.05, 0) is 37.2 Å². The van der Waals surface area contributed by atoms with E-state index in [2.05, 4.69) is 10.6 Å². The van der Waals surface area contributed by atoms with Gasteiger partial charge in [0.25, 0.3) is 0 Å². The van der Waals surface area contributed by atoms with Gasteiger partial charge in [-0.1, -0.05) is 74.6 Å². The van der Waals surface area contributed by atoms with Gasteiger partial charge in [0.2, 0.25) is 11.8 Å². The highest BCUT2D eigenvalue weighted by Crippen LogP contribution is 2.28. The molecular weight excluding hydrogens is 444 g/mol. The predicted octanol–water partition coefficient (Wildman–Crippen LogP) is 3.45. The third kappa shape index (κ3) is 9.84. The maximum atomic E-state index is 13.2. The summed E-state index contributed by atoms with van der Waals surface area (Å²) in [6, 6.07) is 9.04. The molecule has 0 radical (unpaired) electrons. The third-order valence-electron chi connectivity index (χ3n) is 6.95. The van der Waals surface area contributed by atoms with Crippen LogP contribution in [0, 0.1) is 11.8 Å². The van der Waals surface area contributed by atoms with Crippen molar-refractivity contribution in [2.45, 2.75) is 82.7 Å². The quantitative estimate of drug-likeness (QED) is 0.387. The summed E-state index contributed by atoms with van der Waals surface area (Å²) in [6.07, 6.45) is 12.3. The zero-order valence-corrected chi connectivity index (χ0v) is 20.6. The van der Waals surface area contributed by atoms with Gasteiger partial charge in [-0.15, -0.1) is 0 Å². The molecule has 1 aromatic carbocycles. The van der Waals surface area contributed by atoms with Crippen LogP contribution in [0.1, 0.15) is 69.8 Å². The van der Waals surface area contributed by atoms with Crippen LogP contribution in [0.4, 0.5) is 0 Å². The average Bonchev–Trinajstić information content (AvgIpc) is 2.86. The largest absolute Gasteiger partial charge is 0.463 e. The highest BCUT2D eigenvalue weighted by molar-refractivity contribution is 5.86. The molecule has 3 atom stereocenters. The Kier molecular flexibility index (Phi) is 11.3. The Morgan fingerprint density at radius 1 is 1.11 bits per heavy atom. The molecule has 2 amide bonds. The van der Waals surface area contributed by atoms with Crippen LogP contribution >= 0.6 is 0 Å². The molecule has 1 aromatic rings. The van der Waals surface area contributed by atoms with Gasteiger partial charge in [0, 0.05) is 12.8 Å². The van der Waals surface area contributed by atoms with Crippen molar-refractivity contribution in [3.8, 4) is 0 Å². The van der Waals surface area contributed by atoms with E-state index in [1.165, 1.54) is 19.3 Å². The standard InChI is InChI=1S/C28H40N2O5/c31-19-24(16-21-10-4-1-5-11-21)29-26(32)18-23-14-8-3-9-15-27(33)35-20-25(30-28(23)34)17-22-12-6-2-7-13-22/h1,3-5,8,10-11,22-25,31H,2,6-7,9,12-20H2,(H,29,32)(H,30,34)/t23-,24-,25+/m1/s1. The van der Waals surface area contributed by atoms with Gasteiger partial charge < -0.3 is 20.5 Å². The molecule has 35 heavy (non-hydrogen) atoms. The number of aliphatic hydroxyl groups excluding tert-OH is 1. The van der Waals surface area contributed by atoms with Crippen molar-refractivity contribution in [3.63, 3.8) is 0 Å². The summed E-state index contributed by atoms with van der Waals surface area (Å²) in [5.74, 6) is -0.693. The Labute approximate surface area is 208 Å². The first kappa shape index (κ1) is 26.9. The number of hydrogen-bond donors (Lipinski definition) is 3. The van der Waals surface area contributed by atoms with E-state index in [1.807, 2.05) is 42.5 Å². The minimum absolute atomic E-state index is 0.0391. The van der Waals surface area contributed by atoms with Gasteiger partial charge in [-0.25, -0.2) is 0 Å². The predicted molar refractivity (Wildman–Crippen MR) is 134 cm³/mol. The van der Waals surface area contributed by atoms with Gasteiger partial charge >= 0.3 is 5.97 Å². The van der Waals surface area contributed by atoms with Gasteiger partial charge in [0.1, 0.15) is 6.61 Å². The lowest BCUT2D eigenvalue weighted by Gasteiger charge is -2.28. The van der Waals surface area contributed by atoms with E-state index in [4.69, 9.17) is 4.74 Å². The molecule has 3 rings (SSSR count). The number of esters is 1. The van der Waals surface area contributed by atoms with Crippen LogP contribution in [0.5, 0.6) is 0 Å². The normalized spacial score (nSPS) is 23.3. The Hall–Kier alpha value is -2.67. The molecule has 1 aliphatic carbocycles. The summed E-state index contributed by atoms with van der Waals surface area (Å²) in [4.78, 5) is 38.1.